The predicted molar refractivity (Wildman–Crippen MR) is 73.5 cm³/mol. The molecule has 0 radical (unpaired) electrons. The van der Waals surface area contributed by atoms with Crippen molar-refractivity contribution in [2.45, 2.75) is 38.7 Å². The third-order valence-corrected chi connectivity index (χ3v) is 4.33. The molecule has 2 heterocycles. The third kappa shape index (κ3) is 3.42. The summed E-state index contributed by atoms with van der Waals surface area (Å²) in [5.41, 5.74) is -0.504. The molecule has 6 heteroatoms. The highest BCUT2D eigenvalue weighted by molar-refractivity contribution is 5.76. The van der Waals surface area contributed by atoms with Crippen molar-refractivity contribution >= 4 is 12.0 Å². The van der Waals surface area contributed by atoms with Gasteiger partial charge >= 0.3 is 12.0 Å². The average Bonchev–Trinajstić information content (AvgIpc) is 2.41. The number of nitrogens with zero attached hydrogens (tertiary/aromatic N) is 2. The molecule has 2 fully saturated rings. The first kappa shape index (κ1) is 15.1. The highest BCUT2D eigenvalue weighted by atomic mass is 16.5. The second-order valence-electron chi connectivity index (χ2n) is 6.11. The molecule has 6 nitrogen and oxygen atoms in total. The first-order valence-corrected chi connectivity index (χ1v) is 7.33. The summed E-state index contributed by atoms with van der Waals surface area (Å²) < 4.78 is 5.32. The van der Waals surface area contributed by atoms with Crippen LogP contribution in [0.2, 0.25) is 0 Å². The topological polar surface area (TPSA) is 70.1 Å². The molecule has 0 aliphatic carbocycles. The van der Waals surface area contributed by atoms with Crippen molar-refractivity contribution in [1.82, 2.24) is 9.80 Å². The van der Waals surface area contributed by atoms with E-state index in [-0.39, 0.29) is 12.6 Å². The minimum Gasteiger partial charge on any atom is -0.480 e. The number of rotatable bonds is 4. The van der Waals surface area contributed by atoms with Crippen LogP contribution in [0.4, 0.5) is 4.79 Å². The molecule has 1 N–H and O–H groups in total. The number of carboxylic acids is 1. The Morgan fingerprint density at radius 3 is 2.35 bits per heavy atom. The first-order valence-electron chi connectivity index (χ1n) is 7.33. The van der Waals surface area contributed by atoms with Crippen LogP contribution in [0.15, 0.2) is 0 Å². The Bertz CT molecular complexity index is 371. The van der Waals surface area contributed by atoms with Crippen LogP contribution in [0.1, 0.15) is 33.1 Å². The van der Waals surface area contributed by atoms with Gasteiger partial charge in [-0.15, -0.1) is 0 Å². The van der Waals surface area contributed by atoms with Crippen LogP contribution in [0.25, 0.3) is 0 Å². The zero-order chi connectivity index (χ0) is 14.8. The summed E-state index contributed by atoms with van der Waals surface area (Å²) in [4.78, 5) is 26.4. The Kier molecular flexibility index (Phi) is 4.52. The number of carboxylic acid groups (broad SMARTS) is 1. The van der Waals surface area contributed by atoms with Gasteiger partial charge in [0.25, 0.3) is 0 Å². The van der Waals surface area contributed by atoms with Gasteiger partial charge in [0.1, 0.15) is 12.2 Å². The van der Waals surface area contributed by atoms with E-state index >= 15 is 0 Å². The van der Waals surface area contributed by atoms with E-state index in [1.54, 1.807) is 4.90 Å². The van der Waals surface area contributed by atoms with E-state index in [0.29, 0.717) is 13.1 Å². The third-order valence-electron chi connectivity index (χ3n) is 4.33. The molecule has 0 bridgehead atoms. The monoisotopic (exact) mass is 284 g/mol. The van der Waals surface area contributed by atoms with Gasteiger partial charge in [-0.1, -0.05) is 13.3 Å². The Morgan fingerprint density at radius 1 is 1.25 bits per heavy atom. The van der Waals surface area contributed by atoms with Crippen LogP contribution < -0.4 is 0 Å². The molecule has 2 aliphatic rings. The first-order chi connectivity index (χ1) is 9.43. The molecule has 0 saturated carbocycles. The lowest BCUT2D eigenvalue weighted by atomic mass is 9.94. The van der Waals surface area contributed by atoms with Crippen LogP contribution >= 0.6 is 0 Å². The van der Waals surface area contributed by atoms with Crippen molar-refractivity contribution in [3.8, 4) is 0 Å². The second kappa shape index (κ2) is 5.99. The summed E-state index contributed by atoms with van der Waals surface area (Å²) in [7, 11) is 0. The Hall–Kier alpha value is -1.30. The number of amides is 2. The van der Waals surface area contributed by atoms with E-state index in [2.05, 4.69) is 6.92 Å². The number of aliphatic carboxylic acids is 1. The Labute approximate surface area is 119 Å². The van der Waals surface area contributed by atoms with Crippen molar-refractivity contribution in [3.63, 3.8) is 0 Å². The van der Waals surface area contributed by atoms with Crippen LogP contribution in [0.3, 0.4) is 0 Å². The van der Waals surface area contributed by atoms with Crippen molar-refractivity contribution in [1.29, 1.82) is 0 Å². The maximum atomic E-state index is 12.3. The highest BCUT2D eigenvalue weighted by Gasteiger charge is 2.44. The number of carbonyl (C=O) groups excluding carboxylic acids is 1. The van der Waals surface area contributed by atoms with Crippen molar-refractivity contribution in [3.05, 3.63) is 0 Å². The zero-order valence-corrected chi connectivity index (χ0v) is 12.3. The van der Waals surface area contributed by atoms with E-state index in [4.69, 9.17) is 9.84 Å². The molecule has 0 unspecified atom stereocenters. The number of likely N-dealkylation sites (tertiary alicyclic amines) is 2. The minimum atomic E-state index is -0.974. The van der Waals surface area contributed by atoms with Gasteiger partial charge in [0.15, 0.2) is 0 Å². The average molecular weight is 284 g/mol. The fraction of sp³-hybridized carbons (Fsp3) is 0.857. The maximum Gasteiger partial charge on any atom is 0.329 e. The van der Waals surface area contributed by atoms with Crippen LogP contribution in [-0.4, -0.2) is 65.3 Å². The molecule has 0 aromatic heterocycles. The Balaban J connectivity index is 1.75. The van der Waals surface area contributed by atoms with E-state index in [0.717, 1.165) is 31.8 Å². The molecule has 0 spiro atoms. The quantitative estimate of drug-likeness (QED) is 0.847. The molecule has 2 aliphatic heterocycles. The molecule has 2 amide bonds. The number of hydrogen-bond donors (Lipinski definition) is 1. The summed E-state index contributed by atoms with van der Waals surface area (Å²) in [6, 6.07) is 0.0657. The standard InChI is InChI=1S/C14H24N2O4/c1-3-11-4-6-15(7-5-11)13(19)16-9-14(2,10-16)20-8-12(17)18/h11H,3-10H2,1-2H3,(H,17,18). The predicted octanol–water partition coefficient (Wildman–Crippen LogP) is 1.40. The number of ether oxygens (including phenoxy) is 1. The molecular formula is C14H24N2O4. The molecule has 0 aromatic carbocycles. The fourth-order valence-corrected chi connectivity index (χ4v) is 2.96. The van der Waals surface area contributed by atoms with Gasteiger partial charge in [-0.25, -0.2) is 9.59 Å². The summed E-state index contributed by atoms with van der Waals surface area (Å²) in [5, 5.41) is 8.61. The van der Waals surface area contributed by atoms with Gasteiger partial charge in [0.05, 0.1) is 13.1 Å². The van der Waals surface area contributed by atoms with Crippen LogP contribution in [0.5, 0.6) is 0 Å². The molecule has 2 saturated heterocycles. The maximum absolute atomic E-state index is 12.3. The van der Waals surface area contributed by atoms with Crippen LogP contribution in [0, 0.1) is 5.92 Å². The SMILES string of the molecule is CCC1CCN(C(=O)N2CC(C)(OCC(=O)O)C2)CC1. The smallest absolute Gasteiger partial charge is 0.329 e. The molecule has 2 rings (SSSR count). The van der Waals surface area contributed by atoms with E-state index in [9.17, 15) is 9.59 Å². The number of hydrogen-bond acceptors (Lipinski definition) is 3. The van der Waals surface area contributed by atoms with E-state index in [1.165, 1.54) is 6.42 Å². The zero-order valence-electron chi connectivity index (χ0n) is 12.3. The van der Waals surface area contributed by atoms with Crippen molar-refractivity contribution in [2.24, 2.45) is 5.92 Å². The highest BCUT2D eigenvalue weighted by Crippen LogP contribution is 2.27. The molecule has 20 heavy (non-hydrogen) atoms. The van der Waals surface area contributed by atoms with Gasteiger partial charge in [0, 0.05) is 13.1 Å². The number of piperidine rings is 1. The molecule has 114 valence electrons. The fourth-order valence-electron chi connectivity index (χ4n) is 2.96. The van der Waals surface area contributed by atoms with E-state index < -0.39 is 11.6 Å². The Morgan fingerprint density at radius 2 is 1.85 bits per heavy atom. The lowest BCUT2D eigenvalue weighted by Crippen LogP contribution is -2.66. The van der Waals surface area contributed by atoms with Gasteiger partial charge < -0.3 is 19.6 Å². The lowest BCUT2D eigenvalue weighted by Gasteiger charge is -2.49. The van der Waals surface area contributed by atoms with Gasteiger partial charge in [-0.05, 0) is 25.7 Å². The summed E-state index contributed by atoms with van der Waals surface area (Å²) >= 11 is 0. The summed E-state index contributed by atoms with van der Waals surface area (Å²) in [6.07, 6.45) is 3.36. The number of urea groups is 1. The number of carbonyl (C=O) groups is 2. The van der Waals surface area contributed by atoms with E-state index in [1.807, 2.05) is 11.8 Å². The lowest BCUT2D eigenvalue weighted by molar-refractivity contribution is -0.160. The summed E-state index contributed by atoms with van der Waals surface area (Å²) in [5.74, 6) is -0.225. The molecule has 0 aromatic rings. The van der Waals surface area contributed by atoms with Crippen LogP contribution in [-0.2, 0) is 9.53 Å². The van der Waals surface area contributed by atoms with Crippen molar-refractivity contribution in [2.75, 3.05) is 32.8 Å². The van der Waals surface area contributed by atoms with Gasteiger partial charge in [-0.2, -0.15) is 0 Å². The molecular weight excluding hydrogens is 260 g/mol. The second-order valence-corrected chi connectivity index (χ2v) is 6.11. The summed E-state index contributed by atoms with van der Waals surface area (Å²) in [6.45, 7) is 6.37. The van der Waals surface area contributed by atoms with Gasteiger partial charge in [-0.3, -0.25) is 0 Å². The minimum absolute atomic E-state index is 0.0657. The van der Waals surface area contributed by atoms with Gasteiger partial charge in [0.2, 0.25) is 0 Å². The molecule has 0 atom stereocenters. The largest absolute Gasteiger partial charge is 0.480 e. The van der Waals surface area contributed by atoms with Crippen molar-refractivity contribution < 1.29 is 19.4 Å². The normalized spacial score (nSPS) is 22.5.